The summed E-state index contributed by atoms with van der Waals surface area (Å²) in [6.07, 6.45) is 1.49. The number of rotatable bonds is 4. The van der Waals surface area contributed by atoms with E-state index in [4.69, 9.17) is 0 Å². The summed E-state index contributed by atoms with van der Waals surface area (Å²) in [5, 5.41) is 0. The Hall–Kier alpha value is -0.383. The van der Waals surface area contributed by atoms with Gasteiger partial charge in [-0.05, 0) is 27.0 Å². The minimum atomic E-state index is -1.92. The lowest BCUT2D eigenvalue weighted by molar-refractivity contribution is -0.0218. The van der Waals surface area contributed by atoms with Crippen molar-refractivity contribution in [1.29, 1.82) is 0 Å². The molecule has 0 aliphatic rings. The van der Waals surface area contributed by atoms with Crippen molar-refractivity contribution >= 4 is 10.2 Å². The van der Waals surface area contributed by atoms with Gasteiger partial charge < -0.3 is 4.90 Å². The van der Waals surface area contributed by atoms with Gasteiger partial charge in [-0.25, -0.2) is 8.78 Å². The molecule has 0 saturated heterocycles. The number of hydrogen-bond acceptors (Lipinski definition) is 1. The fraction of sp³-hybridized carbons (Fsp3) is 0.750. The SMILES string of the molecule is CC(C)N(/C=C/[Si])C(C)(F)CF. The summed E-state index contributed by atoms with van der Waals surface area (Å²) in [4.78, 5) is 1.32. The van der Waals surface area contributed by atoms with Crippen LogP contribution in [0.3, 0.4) is 0 Å². The van der Waals surface area contributed by atoms with Gasteiger partial charge in [0.15, 0.2) is 0 Å². The average Bonchev–Trinajstić information content (AvgIpc) is 1.99. The third-order valence-electron chi connectivity index (χ3n) is 1.57. The molecule has 0 rings (SSSR count). The monoisotopic (exact) mass is 190 g/mol. The van der Waals surface area contributed by atoms with Gasteiger partial charge in [-0.15, -0.1) is 0 Å². The van der Waals surface area contributed by atoms with Crippen LogP contribution in [0.1, 0.15) is 20.8 Å². The maximum atomic E-state index is 13.4. The van der Waals surface area contributed by atoms with E-state index in [-0.39, 0.29) is 6.04 Å². The van der Waals surface area contributed by atoms with E-state index in [1.807, 2.05) is 0 Å². The van der Waals surface area contributed by atoms with Crippen molar-refractivity contribution < 1.29 is 8.78 Å². The van der Waals surface area contributed by atoms with E-state index in [9.17, 15) is 8.78 Å². The van der Waals surface area contributed by atoms with Crippen LogP contribution in [0.2, 0.25) is 0 Å². The average molecular weight is 190 g/mol. The molecule has 0 heterocycles. The van der Waals surface area contributed by atoms with E-state index in [0.29, 0.717) is 0 Å². The molecule has 0 bridgehead atoms. The Labute approximate surface area is 75.9 Å². The second-order valence-corrected chi connectivity index (χ2v) is 3.43. The minimum absolute atomic E-state index is 0.0663. The molecule has 0 spiro atoms. The molecule has 69 valence electrons. The van der Waals surface area contributed by atoms with E-state index in [1.54, 1.807) is 13.8 Å². The molecule has 12 heavy (non-hydrogen) atoms. The van der Waals surface area contributed by atoms with Crippen molar-refractivity contribution in [2.75, 3.05) is 6.67 Å². The molecule has 1 unspecified atom stereocenters. The number of nitrogens with zero attached hydrogens (tertiary/aromatic N) is 1. The van der Waals surface area contributed by atoms with Crippen molar-refractivity contribution in [3.63, 3.8) is 0 Å². The second kappa shape index (κ2) is 4.60. The highest BCUT2D eigenvalue weighted by Gasteiger charge is 2.30. The summed E-state index contributed by atoms with van der Waals surface area (Å²) in [6, 6.07) is -0.0663. The van der Waals surface area contributed by atoms with Crippen molar-refractivity contribution in [1.82, 2.24) is 4.90 Å². The van der Waals surface area contributed by atoms with Gasteiger partial charge in [0.05, 0.1) is 10.2 Å². The van der Waals surface area contributed by atoms with Crippen LogP contribution < -0.4 is 0 Å². The minimum Gasteiger partial charge on any atom is -0.342 e. The van der Waals surface area contributed by atoms with Crippen molar-refractivity contribution in [2.24, 2.45) is 0 Å². The largest absolute Gasteiger partial charge is 0.342 e. The lowest BCUT2D eigenvalue weighted by atomic mass is 10.2. The highest BCUT2D eigenvalue weighted by atomic mass is 28.1. The molecular formula is C8H14F2NSi. The Balaban J connectivity index is 4.49. The summed E-state index contributed by atoms with van der Waals surface area (Å²) in [7, 11) is 3.07. The fourth-order valence-electron chi connectivity index (χ4n) is 1.02. The summed E-state index contributed by atoms with van der Waals surface area (Å²) >= 11 is 0. The van der Waals surface area contributed by atoms with Crippen molar-refractivity contribution in [2.45, 2.75) is 32.6 Å². The standard InChI is InChI=1S/C8H14F2NSi/c1-7(2)11(4-5-12)8(3,10)6-9/h4-5,7H,6H2,1-3H3/b5-4+. The van der Waals surface area contributed by atoms with Crippen LogP contribution in [0.25, 0.3) is 0 Å². The first kappa shape index (κ1) is 11.6. The highest BCUT2D eigenvalue weighted by molar-refractivity contribution is 6.16. The third kappa shape index (κ3) is 2.93. The van der Waals surface area contributed by atoms with Gasteiger partial charge in [-0.1, -0.05) is 5.70 Å². The summed E-state index contributed by atoms with van der Waals surface area (Å²) in [5.74, 6) is -1.92. The lowest BCUT2D eigenvalue weighted by Crippen LogP contribution is -2.44. The van der Waals surface area contributed by atoms with E-state index in [1.165, 1.54) is 23.7 Å². The van der Waals surface area contributed by atoms with Gasteiger partial charge in [0.2, 0.25) is 5.79 Å². The Morgan fingerprint density at radius 3 is 2.33 bits per heavy atom. The van der Waals surface area contributed by atoms with Crippen LogP contribution in [-0.4, -0.2) is 33.7 Å². The molecular weight excluding hydrogens is 176 g/mol. The third-order valence-corrected chi connectivity index (χ3v) is 1.72. The highest BCUT2D eigenvalue weighted by Crippen LogP contribution is 2.20. The predicted molar refractivity (Wildman–Crippen MR) is 47.4 cm³/mol. The molecule has 0 amide bonds. The molecule has 0 aromatic carbocycles. The molecule has 0 aliphatic heterocycles. The van der Waals surface area contributed by atoms with Crippen LogP contribution in [0.4, 0.5) is 8.78 Å². The first-order valence-corrected chi connectivity index (χ1v) is 4.40. The topological polar surface area (TPSA) is 3.24 Å². The zero-order chi connectivity index (χ0) is 9.78. The van der Waals surface area contributed by atoms with E-state index in [0.717, 1.165) is 0 Å². The Morgan fingerprint density at radius 1 is 1.58 bits per heavy atom. The molecule has 3 radical (unpaired) electrons. The number of hydrogen-bond donors (Lipinski definition) is 0. The fourth-order valence-corrected chi connectivity index (χ4v) is 1.18. The molecule has 4 heteroatoms. The maximum absolute atomic E-state index is 13.4. The molecule has 0 fully saturated rings. The van der Waals surface area contributed by atoms with Crippen LogP contribution in [0.15, 0.2) is 11.9 Å². The molecule has 1 nitrogen and oxygen atoms in total. The van der Waals surface area contributed by atoms with Crippen LogP contribution in [0, 0.1) is 0 Å². The molecule has 0 aromatic heterocycles. The molecule has 0 aromatic rings. The summed E-state index contributed by atoms with van der Waals surface area (Å²) in [5.41, 5.74) is 1.51. The van der Waals surface area contributed by atoms with Crippen LogP contribution in [0.5, 0.6) is 0 Å². The summed E-state index contributed by atoms with van der Waals surface area (Å²) < 4.78 is 25.6. The zero-order valence-electron chi connectivity index (χ0n) is 7.64. The van der Waals surface area contributed by atoms with Gasteiger partial charge in [0, 0.05) is 6.04 Å². The van der Waals surface area contributed by atoms with Gasteiger partial charge >= 0.3 is 0 Å². The first-order valence-electron chi connectivity index (χ1n) is 3.83. The maximum Gasteiger partial charge on any atom is 0.208 e. The van der Waals surface area contributed by atoms with Crippen molar-refractivity contribution in [3.05, 3.63) is 11.9 Å². The van der Waals surface area contributed by atoms with E-state index >= 15 is 0 Å². The predicted octanol–water partition coefficient (Wildman–Crippen LogP) is 1.99. The number of halogens is 2. The van der Waals surface area contributed by atoms with E-state index < -0.39 is 12.5 Å². The van der Waals surface area contributed by atoms with Gasteiger partial charge in [0.25, 0.3) is 0 Å². The normalized spacial score (nSPS) is 16.9. The Morgan fingerprint density at radius 2 is 2.08 bits per heavy atom. The molecule has 0 saturated carbocycles. The van der Waals surface area contributed by atoms with Crippen molar-refractivity contribution in [3.8, 4) is 0 Å². The molecule has 0 N–H and O–H groups in total. The Bertz CT molecular complexity index is 157. The van der Waals surface area contributed by atoms with E-state index in [2.05, 4.69) is 10.2 Å². The van der Waals surface area contributed by atoms with Gasteiger partial charge in [-0.3, -0.25) is 0 Å². The lowest BCUT2D eigenvalue weighted by Gasteiger charge is -2.35. The molecule has 0 aliphatic carbocycles. The van der Waals surface area contributed by atoms with Gasteiger partial charge in [-0.2, -0.15) is 0 Å². The summed E-state index contributed by atoms with van der Waals surface area (Å²) in [6.45, 7) is 3.82. The zero-order valence-corrected chi connectivity index (χ0v) is 8.64. The first-order chi connectivity index (χ1) is 5.45. The smallest absolute Gasteiger partial charge is 0.208 e. The Kier molecular flexibility index (Phi) is 4.45. The second-order valence-electron chi connectivity index (χ2n) is 3.09. The molecule has 1 atom stereocenters. The number of alkyl halides is 2. The quantitative estimate of drug-likeness (QED) is 0.484. The van der Waals surface area contributed by atoms with Gasteiger partial charge in [0.1, 0.15) is 6.67 Å². The van der Waals surface area contributed by atoms with Crippen LogP contribution in [-0.2, 0) is 0 Å². The van der Waals surface area contributed by atoms with Crippen LogP contribution >= 0.6 is 0 Å².